The van der Waals surface area contributed by atoms with Crippen molar-refractivity contribution in [1.29, 1.82) is 0 Å². The maximum absolute atomic E-state index is 13.8. The number of rotatable bonds is 6. The Morgan fingerprint density at radius 1 is 1.13 bits per heavy atom. The Kier molecular flexibility index (Phi) is 6.31. The number of carbonyl (C=O) groups excluding carboxylic acids is 1. The second-order valence-electron chi connectivity index (χ2n) is 6.55. The van der Waals surface area contributed by atoms with Crippen LogP contribution in [0.5, 0.6) is 0 Å². The van der Waals surface area contributed by atoms with Crippen molar-refractivity contribution >= 4 is 11.6 Å². The van der Waals surface area contributed by atoms with Gasteiger partial charge in [0.15, 0.2) is 0 Å². The molecule has 2 aromatic carbocycles. The number of aryl methyl sites for hydroxylation is 1. The standard InChI is InChI=1S/C21H18F3N3O3/c1-12-16(7-8-28)21(30)27(20(25-12)13-3-2-4-14(22)9-13)11-19(29)26-18-10-15(23)5-6-17(18)24/h2-6,9-10,28H,7-8,11H2,1H3,(H,26,29). The van der Waals surface area contributed by atoms with Gasteiger partial charge in [0.25, 0.3) is 5.56 Å². The molecule has 0 aliphatic rings. The highest BCUT2D eigenvalue weighted by Crippen LogP contribution is 2.20. The fourth-order valence-corrected chi connectivity index (χ4v) is 3.02. The number of aliphatic hydroxyl groups excluding tert-OH is 1. The lowest BCUT2D eigenvalue weighted by molar-refractivity contribution is -0.116. The SMILES string of the molecule is Cc1nc(-c2cccc(F)c2)n(CC(=O)Nc2cc(F)ccc2F)c(=O)c1CCO. The molecule has 3 aromatic rings. The average Bonchev–Trinajstić information content (AvgIpc) is 2.70. The highest BCUT2D eigenvalue weighted by Gasteiger charge is 2.19. The van der Waals surface area contributed by atoms with Crippen LogP contribution < -0.4 is 10.9 Å². The molecule has 0 spiro atoms. The van der Waals surface area contributed by atoms with Gasteiger partial charge in [-0.2, -0.15) is 0 Å². The highest BCUT2D eigenvalue weighted by molar-refractivity contribution is 5.91. The van der Waals surface area contributed by atoms with Gasteiger partial charge in [-0.15, -0.1) is 0 Å². The highest BCUT2D eigenvalue weighted by atomic mass is 19.1. The minimum atomic E-state index is -0.842. The molecule has 0 atom stereocenters. The largest absolute Gasteiger partial charge is 0.396 e. The lowest BCUT2D eigenvalue weighted by Gasteiger charge is -2.16. The van der Waals surface area contributed by atoms with Crippen molar-refractivity contribution in [2.45, 2.75) is 19.9 Å². The minimum Gasteiger partial charge on any atom is -0.396 e. The molecule has 0 saturated carbocycles. The fourth-order valence-electron chi connectivity index (χ4n) is 3.02. The molecule has 3 rings (SSSR count). The average molecular weight is 417 g/mol. The zero-order chi connectivity index (χ0) is 21.8. The van der Waals surface area contributed by atoms with Crippen molar-refractivity contribution in [2.24, 2.45) is 0 Å². The third-order valence-corrected chi connectivity index (χ3v) is 4.42. The molecule has 2 N–H and O–H groups in total. The first-order chi connectivity index (χ1) is 14.3. The summed E-state index contributed by atoms with van der Waals surface area (Å²) in [6.07, 6.45) is 0.0151. The Morgan fingerprint density at radius 3 is 2.57 bits per heavy atom. The van der Waals surface area contributed by atoms with Crippen molar-refractivity contribution in [3.05, 3.63) is 81.5 Å². The van der Waals surface area contributed by atoms with E-state index in [1.807, 2.05) is 0 Å². The Labute approximate surface area is 169 Å². The molecule has 1 aromatic heterocycles. The van der Waals surface area contributed by atoms with Gasteiger partial charge in [-0.25, -0.2) is 18.2 Å². The molecule has 1 amide bonds. The molecular formula is C21H18F3N3O3. The maximum atomic E-state index is 13.8. The molecule has 0 radical (unpaired) electrons. The molecule has 0 aliphatic carbocycles. The van der Waals surface area contributed by atoms with E-state index in [-0.39, 0.29) is 35.7 Å². The van der Waals surface area contributed by atoms with E-state index in [2.05, 4.69) is 10.3 Å². The van der Waals surface area contributed by atoms with E-state index in [1.165, 1.54) is 18.2 Å². The van der Waals surface area contributed by atoms with Gasteiger partial charge in [-0.05, 0) is 31.2 Å². The number of carbonyl (C=O) groups is 1. The summed E-state index contributed by atoms with van der Waals surface area (Å²) in [5.41, 5.74) is -0.180. The molecule has 0 bridgehead atoms. The summed E-state index contributed by atoms with van der Waals surface area (Å²) < 4.78 is 41.9. The Morgan fingerprint density at radius 2 is 1.87 bits per heavy atom. The van der Waals surface area contributed by atoms with E-state index in [9.17, 15) is 27.9 Å². The number of hydrogen-bond donors (Lipinski definition) is 2. The minimum absolute atomic E-state index is 0.0151. The van der Waals surface area contributed by atoms with Crippen molar-refractivity contribution < 1.29 is 23.1 Å². The first-order valence-corrected chi connectivity index (χ1v) is 9.02. The molecule has 156 valence electrons. The van der Waals surface area contributed by atoms with Crippen LogP contribution in [0.15, 0.2) is 47.3 Å². The maximum Gasteiger partial charge on any atom is 0.257 e. The monoisotopic (exact) mass is 417 g/mol. The lowest BCUT2D eigenvalue weighted by atomic mass is 10.1. The van der Waals surface area contributed by atoms with Gasteiger partial charge in [0.1, 0.15) is 29.8 Å². The second kappa shape index (κ2) is 8.91. The van der Waals surface area contributed by atoms with Crippen LogP contribution in [0.4, 0.5) is 18.9 Å². The Bertz CT molecular complexity index is 1160. The molecule has 1 heterocycles. The number of halogens is 3. The zero-order valence-electron chi connectivity index (χ0n) is 16.0. The van der Waals surface area contributed by atoms with E-state index in [0.717, 1.165) is 28.8 Å². The van der Waals surface area contributed by atoms with Crippen molar-refractivity contribution in [2.75, 3.05) is 11.9 Å². The zero-order valence-corrected chi connectivity index (χ0v) is 16.0. The first kappa shape index (κ1) is 21.3. The van der Waals surface area contributed by atoms with Crippen LogP contribution in [0.2, 0.25) is 0 Å². The van der Waals surface area contributed by atoms with Gasteiger partial charge >= 0.3 is 0 Å². The molecule has 6 nitrogen and oxygen atoms in total. The summed E-state index contributed by atoms with van der Waals surface area (Å²) in [5.74, 6) is -2.91. The third kappa shape index (κ3) is 4.57. The predicted octanol–water partition coefficient (Wildman–Crippen LogP) is 2.81. The summed E-state index contributed by atoms with van der Waals surface area (Å²) in [6, 6.07) is 7.92. The van der Waals surface area contributed by atoms with Crippen LogP contribution >= 0.6 is 0 Å². The molecule has 0 saturated heterocycles. The van der Waals surface area contributed by atoms with E-state index in [4.69, 9.17) is 0 Å². The summed E-state index contributed by atoms with van der Waals surface area (Å²) in [6.45, 7) is 0.686. The van der Waals surface area contributed by atoms with Crippen LogP contribution in [0, 0.1) is 24.4 Å². The summed E-state index contributed by atoms with van der Waals surface area (Å²) in [7, 11) is 0. The molecular weight excluding hydrogens is 399 g/mol. The lowest BCUT2D eigenvalue weighted by Crippen LogP contribution is -2.33. The predicted molar refractivity (Wildman–Crippen MR) is 104 cm³/mol. The third-order valence-electron chi connectivity index (χ3n) is 4.42. The number of hydrogen-bond acceptors (Lipinski definition) is 4. The van der Waals surface area contributed by atoms with Crippen LogP contribution in [0.3, 0.4) is 0 Å². The topological polar surface area (TPSA) is 84.2 Å². The van der Waals surface area contributed by atoms with Crippen molar-refractivity contribution in [3.63, 3.8) is 0 Å². The van der Waals surface area contributed by atoms with E-state index in [1.54, 1.807) is 6.92 Å². The van der Waals surface area contributed by atoms with E-state index < -0.39 is 35.5 Å². The van der Waals surface area contributed by atoms with E-state index in [0.29, 0.717) is 5.69 Å². The number of anilines is 1. The number of amides is 1. The van der Waals surface area contributed by atoms with Gasteiger partial charge < -0.3 is 10.4 Å². The van der Waals surface area contributed by atoms with Gasteiger partial charge in [0, 0.05) is 35.9 Å². The van der Waals surface area contributed by atoms with Crippen molar-refractivity contribution in [3.8, 4) is 11.4 Å². The van der Waals surface area contributed by atoms with E-state index >= 15 is 0 Å². The number of aromatic nitrogens is 2. The number of aliphatic hydroxyl groups is 1. The van der Waals surface area contributed by atoms with Gasteiger partial charge in [0.2, 0.25) is 5.91 Å². The summed E-state index contributed by atoms with van der Waals surface area (Å²) in [5, 5.41) is 11.5. The molecule has 0 aliphatic heterocycles. The molecule has 0 fully saturated rings. The van der Waals surface area contributed by atoms with Crippen LogP contribution in [-0.4, -0.2) is 27.2 Å². The fraction of sp³-hybridized carbons (Fsp3) is 0.190. The molecule has 9 heteroatoms. The second-order valence-corrected chi connectivity index (χ2v) is 6.55. The van der Waals surface area contributed by atoms with Gasteiger partial charge in [-0.3, -0.25) is 14.2 Å². The van der Waals surface area contributed by atoms with Crippen molar-refractivity contribution in [1.82, 2.24) is 9.55 Å². The molecule has 30 heavy (non-hydrogen) atoms. The first-order valence-electron chi connectivity index (χ1n) is 9.02. The Hall–Kier alpha value is -3.46. The number of benzene rings is 2. The quantitative estimate of drug-likeness (QED) is 0.646. The number of nitrogens with zero attached hydrogens (tertiary/aromatic N) is 2. The van der Waals surface area contributed by atoms with Gasteiger partial charge in [-0.1, -0.05) is 12.1 Å². The summed E-state index contributed by atoms with van der Waals surface area (Å²) >= 11 is 0. The Balaban J connectivity index is 2.05. The smallest absolute Gasteiger partial charge is 0.257 e. The van der Waals surface area contributed by atoms with Crippen LogP contribution in [0.1, 0.15) is 11.3 Å². The van der Waals surface area contributed by atoms with Crippen LogP contribution in [-0.2, 0) is 17.8 Å². The van der Waals surface area contributed by atoms with Crippen LogP contribution in [0.25, 0.3) is 11.4 Å². The molecule has 0 unspecified atom stereocenters. The van der Waals surface area contributed by atoms with Gasteiger partial charge in [0.05, 0.1) is 5.69 Å². The number of nitrogens with one attached hydrogen (secondary N) is 1. The summed E-state index contributed by atoms with van der Waals surface area (Å²) in [4.78, 5) is 29.8. The normalized spacial score (nSPS) is 10.8.